The molecule has 0 aliphatic carbocycles. The Hall–Kier alpha value is -1.32. The van der Waals surface area contributed by atoms with Crippen molar-refractivity contribution in [3.63, 3.8) is 0 Å². The molecule has 0 unspecified atom stereocenters. The van der Waals surface area contributed by atoms with E-state index in [1.807, 2.05) is 0 Å². The molecule has 1 aromatic heterocycles. The molecule has 4 nitrogen and oxygen atoms in total. The molecule has 0 aromatic carbocycles. The fourth-order valence-corrected chi connectivity index (χ4v) is 2.15. The minimum Gasteiger partial charge on any atom is -0.336 e. The lowest BCUT2D eigenvalue weighted by Gasteiger charge is -2.37. The molecule has 82 valence electrons. The van der Waals surface area contributed by atoms with Crippen molar-refractivity contribution in [1.82, 2.24) is 9.97 Å². The van der Waals surface area contributed by atoms with Gasteiger partial charge in [0.05, 0.1) is 0 Å². The van der Waals surface area contributed by atoms with Gasteiger partial charge in [-0.2, -0.15) is 0 Å². The van der Waals surface area contributed by atoms with Crippen LogP contribution in [-0.4, -0.2) is 28.7 Å². The molecule has 2 heterocycles. The molecule has 0 fully saturated rings. The van der Waals surface area contributed by atoms with Crippen LogP contribution in [0.4, 0.5) is 11.6 Å². The number of anilines is 2. The Morgan fingerprint density at radius 2 is 1.67 bits per heavy atom. The average molecular weight is 206 g/mol. The zero-order valence-corrected chi connectivity index (χ0v) is 10.0. The molecule has 2 rings (SSSR count). The number of aromatic nitrogens is 2. The van der Waals surface area contributed by atoms with Crippen LogP contribution in [0.1, 0.15) is 27.7 Å². The van der Waals surface area contributed by atoms with Crippen molar-refractivity contribution < 1.29 is 0 Å². The second-order valence-electron chi connectivity index (χ2n) is 4.99. The number of fused-ring (bicyclic) bond motifs is 1. The highest BCUT2D eigenvalue weighted by molar-refractivity contribution is 5.70. The summed E-state index contributed by atoms with van der Waals surface area (Å²) in [5.74, 6) is 1.96. The molecule has 0 N–H and O–H groups in total. The van der Waals surface area contributed by atoms with Crippen molar-refractivity contribution in [3.05, 3.63) is 12.4 Å². The Balaban J connectivity index is 2.52. The smallest absolute Gasteiger partial charge is 0.174 e. The van der Waals surface area contributed by atoms with Gasteiger partial charge in [0.15, 0.2) is 11.6 Å². The normalized spacial score (nSPS) is 20.7. The van der Waals surface area contributed by atoms with Gasteiger partial charge in [0.2, 0.25) is 0 Å². The van der Waals surface area contributed by atoms with Crippen LogP contribution in [0.5, 0.6) is 0 Å². The maximum atomic E-state index is 4.43. The largest absolute Gasteiger partial charge is 0.336 e. The molecule has 0 spiro atoms. The first-order chi connectivity index (χ1) is 6.93. The highest BCUT2D eigenvalue weighted by Crippen LogP contribution is 2.38. The highest BCUT2D eigenvalue weighted by atomic mass is 15.5. The lowest BCUT2D eigenvalue weighted by molar-refractivity contribution is 0.460. The van der Waals surface area contributed by atoms with Gasteiger partial charge in [0.25, 0.3) is 0 Å². The first kappa shape index (κ1) is 10.2. The van der Waals surface area contributed by atoms with Crippen molar-refractivity contribution in [2.24, 2.45) is 0 Å². The van der Waals surface area contributed by atoms with Crippen LogP contribution in [-0.2, 0) is 0 Å². The van der Waals surface area contributed by atoms with Gasteiger partial charge in [-0.05, 0) is 27.7 Å². The lowest BCUT2D eigenvalue weighted by Crippen LogP contribution is -2.49. The Labute approximate surface area is 90.9 Å². The van der Waals surface area contributed by atoms with Crippen LogP contribution < -0.4 is 9.80 Å². The van der Waals surface area contributed by atoms with E-state index in [1.165, 1.54) is 0 Å². The Bertz CT molecular complexity index is 369. The molecule has 1 aromatic rings. The van der Waals surface area contributed by atoms with E-state index in [4.69, 9.17) is 0 Å². The topological polar surface area (TPSA) is 32.3 Å². The Kier molecular flexibility index (Phi) is 2.10. The van der Waals surface area contributed by atoms with E-state index in [0.29, 0.717) is 6.17 Å². The van der Waals surface area contributed by atoms with E-state index < -0.39 is 0 Å². The zero-order valence-electron chi connectivity index (χ0n) is 10.0. The predicted molar refractivity (Wildman–Crippen MR) is 62.1 cm³/mol. The summed E-state index contributed by atoms with van der Waals surface area (Å²) in [4.78, 5) is 13.3. The van der Waals surface area contributed by atoms with E-state index in [9.17, 15) is 0 Å². The molecule has 1 aliphatic heterocycles. The Morgan fingerprint density at radius 1 is 1.13 bits per heavy atom. The van der Waals surface area contributed by atoms with Crippen LogP contribution in [0.15, 0.2) is 12.4 Å². The van der Waals surface area contributed by atoms with Gasteiger partial charge < -0.3 is 9.80 Å². The van der Waals surface area contributed by atoms with Gasteiger partial charge in [-0.3, -0.25) is 0 Å². The average Bonchev–Trinajstić information content (AvgIpc) is 2.39. The first-order valence-corrected chi connectivity index (χ1v) is 5.26. The summed E-state index contributed by atoms with van der Waals surface area (Å²) in [6, 6.07) is 0. The van der Waals surface area contributed by atoms with E-state index in [2.05, 4.69) is 54.5 Å². The third-order valence-corrected chi connectivity index (χ3v) is 2.88. The molecule has 4 heteroatoms. The maximum absolute atomic E-state index is 4.43. The van der Waals surface area contributed by atoms with Crippen molar-refractivity contribution >= 4 is 11.6 Å². The van der Waals surface area contributed by atoms with Crippen molar-refractivity contribution in [2.45, 2.75) is 39.4 Å². The van der Waals surface area contributed by atoms with Crippen molar-refractivity contribution in [3.8, 4) is 0 Å². The van der Waals surface area contributed by atoms with E-state index in [-0.39, 0.29) is 5.54 Å². The quantitative estimate of drug-likeness (QED) is 0.648. The minimum atomic E-state index is 0.0644. The van der Waals surface area contributed by atoms with Gasteiger partial charge in [0.1, 0.15) is 6.17 Å². The third-order valence-electron chi connectivity index (χ3n) is 2.88. The summed E-state index contributed by atoms with van der Waals surface area (Å²) in [5, 5.41) is 0. The second kappa shape index (κ2) is 3.08. The van der Waals surface area contributed by atoms with Crippen LogP contribution in [0, 0.1) is 0 Å². The number of nitrogens with zero attached hydrogens (tertiary/aromatic N) is 4. The number of hydrogen-bond donors (Lipinski definition) is 0. The van der Waals surface area contributed by atoms with E-state index >= 15 is 0 Å². The van der Waals surface area contributed by atoms with Crippen LogP contribution >= 0.6 is 0 Å². The fourth-order valence-electron chi connectivity index (χ4n) is 2.15. The van der Waals surface area contributed by atoms with Gasteiger partial charge in [-0.25, -0.2) is 9.97 Å². The predicted octanol–water partition coefficient (Wildman–Crippen LogP) is 1.88. The van der Waals surface area contributed by atoms with Gasteiger partial charge in [-0.15, -0.1) is 0 Å². The summed E-state index contributed by atoms with van der Waals surface area (Å²) in [5.41, 5.74) is 0.0644. The molecule has 15 heavy (non-hydrogen) atoms. The van der Waals surface area contributed by atoms with Crippen LogP contribution in [0.25, 0.3) is 0 Å². The first-order valence-electron chi connectivity index (χ1n) is 5.26. The minimum absolute atomic E-state index is 0.0644. The number of rotatable bonds is 0. The fraction of sp³-hybridized carbons (Fsp3) is 0.636. The SMILES string of the molecule is C[C@H]1N(C)c2nccnc2N1C(C)(C)C. The molecule has 0 saturated carbocycles. The van der Waals surface area contributed by atoms with Crippen LogP contribution in [0.3, 0.4) is 0 Å². The monoisotopic (exact) mass is 206 g/mol. The molecule has 1 aliphatic rings. The Morgan fingerprint density at radius 3 is 2.20 bits per heavy atom. The van der Waals surface area contributed by atoms with E-state index in [0.717, 1.165) is 11.6 Å². The van der Waals surface area contributed by atoms with Crippen LogP contribution in [0.2, 0.25) is 0 Å². The van der Waals surface area contributed by atoms with E-state index in [1.54, 1.807) is 12.4 Å². The maximum Gasteiger partial charge on any atom is 0.174 e. The lowest BCUT2D eigenvalue weighted by atomic mass is 10.1. The second-order valence-corrected chi connectivity index (χ2v) is 4.99. The molecule has 0 amide bonds. The highest BCUT2D eigenvalue weighted by Gasteiger charge is 2.38. The summed E-state index contributed by atoms with van der Waals surface area (Å²) in [7, 11) is 2.06. The molecule has 1 atom stereocenters. The summed E-state index contributed by atoms with van der Waals surface area (Å²) >= 11 is 0. The molecule has 0 bridgehead atoms. The summed E-state index contributed by atoms with van der Waals surface area (Å²) in [6.07, 6.45) is 3.81. The molecular weight excluding hydrogens is 188 g/mol. The van der Waals surface area contributed by atoms with Crippen molar-refractivity contribution in [1.29, 1.82) is 0 Å². The zero-order chi connectivity index (χ0) is 11.2. The molecule has 0 saturated heterocycles. The standard InChI is InChI=1S/C11H18N4/c1-8-14(5)9-10(13-7-6-12-9)15(8)11(2,3)4/h6-8H,1-5H3/t8-/m0/s1. The molecule has 0 radical (unpaired) electrons. The van der Waals surface area contributed by atoms with Crippen molar-refractivity contribution in [2.75, 3.05) is 16.8 Å². The third kappa shape index (κ3) is 1.44. The molecular formula is C11H18N4. The number of hydrogen-bond acceptors (Lipinski definition) is 4. The van der Waals surface area contributed by atoms with Gasteiger partial charge >= 0.3 is 0 Å². The summed E-state index contributed by atoms with van der Waals surface area (Å²) < 4.78 is 0. The van der Waals surface area contributed by atoms with Gasteiger partial charge in [-0.1, -0.05) is 0 Å². The van der Waals surface area contributed by atoms with Gasteiger partial charge in [0, 0.05) is 25.0 Å². The summed E-state index contributed by atoms with van der Waals surface area (Å²) in [6.45, 7) is 8.76.